The van der Waals surface area contributed by atoms with E-state index in [1.165, 1.54) is 6.34 Å². The summed E-state index contributed by atoms with van der Waals surface area (Å²) in [5.41, 5.74) is 0. The van der Waals surface area contributed by atoms with Crippen LogP contribution in [0, 0.1) is 0 Å². The summed E-state index contributed by atoms with van der Waals surface area (Å²) in [6.07, 6.45) is 4.72. The summed E-state index contributed by atoms with van der Waals surface area (Å²) in [4.78, 5) is 7.58. The van der Waals surface area contributed by atoms with Crippen molar-refractivity contribution in [3.8, 4) is 0 Å². The van der Waals surface area contributed by atoms with Gasteiger partial charge in [-0.25, -0.2) is 4.99 Å². The quantitative estimate of drug-likeness (QED) is 0.386. The summed E-state index contributed by atoms with van der Waals surface area (Å²) in [5, 5.41) is 0. The minimum Gasteiger partial charge on any atom is -0.274 e. The van der Waals surface area contributed by atoms with E-state index in [2.05, 4.69) is 16.6 Å². The van der Waals surface area contributed by atoms with Gasteiger partial charge >= 0.3 is 0 Å². The smallest absolute Gasteiger partial charge is 0.109 e. The number of rotatable bonds is 3. The molecule has 2 heteroatoms. The summed E-state index contributed by atoms with van der Waals surface area (Å²) < 4.78 is 0. The van der Waals surface area contributed by atoms with Crippen molar-refractivity contribution in [2.45, 2.75) is 6.92 Å². The van der Waals surface area contributed by atoms with Crippen LogP contribution < -0.4 is 0 Å². The van der Waals surface area contributed by atoms with Gasteiger partial charge in [0.15, 0.2) is 0 Å². The Labute approximate surface area is 49.7 Å². The second-order valence-corrected chi connectivity index (χ2v) is 1.15. The molecule has 0 spiro atoms. The van der Waals surface area contributed by atoms with Crippen LogP contribution in [-0.2, 0) is 0 Å². The standard InChI is InChI=1S/C6H10N2/c1-3-5-8-6-7-4-2/h3,5-6H,1,4H2,2H3/b7-6-,8-5-. The molecule has 0 aromatic heterocycles. The predicted octanol–water partition coefficient (Wildman–Crippen LogP) is 1.29. The van der Waals surface area contributed by atoms with Crippen molar-refractivity contribution in [1.82, 2.24) is 0 Å². The molecule has 0 heterocycles. The van der Waals surface area contributed by atoms with Crippen LogP contribution in [-0.4, -0.2) is 19.1 Å². The van der Waals surface area contributed by atoms with Crippen LogP contribution >= 0.6 is 0 Å². The highest BCUT2D eigenvalue weighted by Crippen LogP contribution is 1.63. The van der Waals surface area contributed by atoms with Gasteiger partial charge in [-0.3, -0.25) is 4.99 Å². The van der Waals surface area contributed by atoms with Crippen molar-refractivity contribution < 1.29 is 0 Å². The van der Waals surface area contributed by atoms with E-state index in [0.29, 0.717) is 0 Å². The molecule has 0 rings (SSSR count). The van der Waals surface area contributed by atoms with Gasteiger partial charge in [-0.05, 0) is 6.92 Å². The highest BCUT2D eigenvalue weighted by molar-refractivity contribution is 5.79. The first-order chi connectivity index (χ1) is 3.91. The van der Waals surface area contributed by atoms with Gasteiger partial charge in [0, 0.05) is 12.8 Å². The molecular formula is C6H10N2. The molecule has 0 unspecified atom stereocenters. The van der Waals surface area contributed by atoms with Crippen molar-refractivity contribution in [1.29, 1.82) is 0 Å². The third-order valence-corrected chi connectivity index (χ3v) is 0.522. The van der Waals surface area contributed by atoms with Gasteiger partial charge in [-0.1, -0.05) is 12.7 Å². The summed E-state index contributed by atoms with van der Waals surface area (Å²) in [6, 6.07) is 0. The van der Waals surface area contributed by atoms with Crippen LogP contribution in [0.5, 0.6) is 0 Å². The molecule has 0 saturated heterocycles. The van der Waals surface area contributed by atoms with E-state index in [4.69, 9.17) is 0 Å². The summed E-state index contributed by atoms with van der Waals surface area (Å²) >= 11 is 0. The highest BCUT2D eigenvalue weighted by atomic mass is 14.8. The van der Waals surface area contributed by atoms with Gasteiger partial charge in [-0.2, -0.15) is 0 Å². The average Bonchev–Trinajstić information content (AvgIpc) is 1.81. The lowest BCUT2D eigenvalue weighted by Gasteiger charge is -1.73. The third kappa shape index (κ3) is 5.08. The van der Waals surface area contributed by atoms with Crippen LogP contribution in [0.4, 0.5) is 0 Å². The first-order valence-corrected chi connectivity index (χ1v) is 2.54. The summed E-state index contributed by atoms with van der Waals surface area (Å²) in [6.45, 7) is 6.19. The zero-order valence-electron chi connectivity index (χ0n) is 5.04. The summed E-state index contributed by atoms with van der Waals surface area (Å²) in [7, 11) is 0. The van der Waals surface area contributed by atoms with Crippen molar-refractivity contribution in [2.24, 2.45) is 9.98 Å². The third-order valence-electron chi connectivity index (χ3n) is 0.522. The van der Waals surface area contributed by atoms with E-state index < -0.39 is 0 Å². The SMILES string of the molecule is C=C/C=N\C=N/CC. The maximum atomic E-state index is 3.84. The Hall–Kier alpha value is -0.920. The van der Waals surface area contributed by atoms with Gasteiger partial charge in [0.2, 0.25) is 0 Å². The largest absolute Gasteiger partial charge is 0.274 e. The van der Waals surface area contributed by atoms with E-state index in [0.717, 1.165) is 6.54 Å². The molecule has 0 aliphatic rings. The summed E-state index contributed by atoms with van der Waals surface area (Å²) in [5.74, 6) is 0. The van der Waals surface area contributed by atoms with Crippen molar-refractivity contribution in [3.05, 3.63) is 12.7 Å². The molecule has 0 atom stereocenters. The van der Waals surface area contributed by atoms with Crippen LogP contribution in [0.15, 0.2) is 22.6 Å². The molecule has 0 aromatic carbocycles. The molecule has 0 N–H and O–H groups in total. The number of aliphatic imine (C=N–C) groups is 2. The zero-order valence-corrected chi connectivity index (χ0v) is 5.04. The van der Waals surface area contributed by atoms with Gasteiger partial charge in [-0.15, -0.1) is 0 Å². The van der Waals surface area contributed by atoms with Crippen molar-refractivity contribution >= 4 is 12.6 Å². The maximum Gasteiger partial charge on any atom is 0.109 e. The molecule has 0 bridgehead atoms. The van der Waals surface area contributed by atoms with E-state index in [1.54, 1.807) is 12.3 Å². The van der Waals surface area contributed by atoms with Gasteiger partial charge in [0.05, 0.1) is 0 Å². The van der Waals surface area contributed by atoms with Crippen LogP contribution in [0.1, 0.15) is 6.92 Å². The normalized spacial score (nSPS) is 11.1. The molecule has 44 valence electrons. The van der Waals surface area contributed by atoms with Gasteiger partial charge in [0.1, 0.15) is 6.34 Å². The lowest BCUT2D eigenvalue weighted by molar-refractivity contribution is 1.14. The zero-order chi connectivity index (χ0) is 6.24. The van der Waals surface area contributed by atoms with E-state index >= 15 is 0 Å². The van der Waals surface area contributed by atoms with Crippen molar-refractivity contribution in [3.63, 3.8) is 0 Å². The number of allylic oxidation sites excluding steroid dienone is 1. The molecule has 8 heavy (non-hydrogen) atoms. The number of hydrogen-bond donors (Lipinski definition) is 0. The minimum atomic E-state index is 0.786. The molecule has 0 radical (unpaired) electrons. The van der Waals surface area contributed by atoms with Gasteiger partial charge in [0.25, 0.3) is 0 Å². The fourth-order valence-corrected chi connectivity index (χ4v) is 0.228. The second-order valence-electron chi connectivity index (χ2n) is 1.15. The molecule has 0 aliphatic heterocycles. The lowest BCUT2D eigenvalue weighted by atomic mass is 10.7. The molecule has 0 amide bonds. The Morgan fingerprint density at radius 1 is 1.62 bits per heavy atom. The average molecular weight is 110 g/mol. The Bertz CT molecular complexity index is 103. The van der Waals surface area contributed by atoms with Crippen LogP contribution in [0.25, 0.3) is 0 Å². The molecule has 0 aliphatic carbocycles. The fraction of sp³-hybridized carbons (Fsp3) is 0.333. The highest BCUT2D eigenvalue weighted by Gasteiger charge is 1.59. The Morgan fingerprint density at radius 2 is 2.38 bits per heavy atom. The number of nitrogens with zero attached hydrogens (tertiary/aromatic N) is 2. The van der Waals surface area contributed by atoms with Gasteiger partial charge < -0.3 is 0 Å². The number of hydrogen-bond acceptors (Lipinski definition) is 1. The predicted molar refractivity (Wildman–Crippen MR) is 37.7 cm³/mol. The molecule has 2 nitrogen and oxygen atoms in total. The topological polar surface area (TPSA) is 24.7 Å². The molecule has 0 fully saturated rings. The first-order valence-electron chi connectivity index (χ1n) is 2.54. The van der Waals surface area contributed by atoms with E-state index in [1.807, 2.05) is 6.92 Å². The minimum absolute atomic E-state index is 0.786. The van der Waals surface area contributed by atoms with Crippen molar-refractivity contribution in [2.75, 3.05) is 6.54 Å². The first kappa shape index (κ1) is 7.08. The fourth-order valence-electron chi connectivity index (χ4n) is 0.228. The monoisotopic (exact) mass is 110 g/mol. The Kier molecular flexibility index (Phi) is 5.38. The van der Waals surface area contributed by atoms with Crippen LogP contribution in [0.3, 0.4) is 0 Å². The Balaban J connectivity index is 3.26. The Morgan fingerprint density at radius 3 is 2.88 bits per heavy atom. The lowest BCUT2D eigenvalue weighted by Crippen LogP contribution is -1.69. The molecular weight excluding hydrogens is 100 g/mol. The maximum absolute atomic E-state index is 3.84. The second kappa shape index (κ2) is 6.08. The molecule has 0 aromatic rings. The van der Waals surface area contributed by atoms with E-state index in [-0.39, 0.29) is 0 Å². The van der Waals surface area contributed by atoms with Crippen LogP contribution in [0.2, 0.25) is 0 Å². The van der Waals surface area contributed by atoms with E-state index in [9.17, 15) is 0 Å². The molecule has 0 saturated carbocycles.